The minimum absolute atomic E-state index is 0.0615. The second-order valence-electron chi connectivity index (χ2n) is 6.93. The number of benzene rings is 2. The minimum Gasteiger partial charge on any atom is -0.450 e. The molecule has 0 aromatic heterocycles. The topological polar surface area (TPSA) is 61.9 Å². The number of para-hydroxylation sites is 2. The first-order valence-corrected chi connectivity index (χ1v) is 9.64. The van der Waals surface area contributed by atoms with E-state index < -0.39 is 5.54 Å². The van der Waals surface area contributed by atoms with Crippen molar-refractivity contribution in [2.75, 3.05) is 37.0 Å². The third kappa shape index (κ3) is 4.11. The van der Waals surface area contributed by atoms with Crippen molar-refractivity contribution in [3.63, 3.8) is 0 Å². The van der Waals surface area contributed by atoms with Gasteiger partial charge in [0.15, 0.2) is 0 Å². The Bertz CT molecular complexity index is 787. The average Bonchev–Trinajstić information content (AvgIpc) is 2.74. The fourth-order valence-corrected chi connectivity index (χ4v) is 3.66. The number of hydrogen-bond acceptors (Lipinski definition) is 4. The predicted molar refractivity (Wildman–Crippen MR) is 110 cm³/mol. The maximum absolute atomic E-state index is 13.4. The molecule has 0 unspecified atom stereocenters. The van der Waals surface area contributed by atoms with E-state index in [0.717, 1.165) is 11.4 Å². The van der Waals surface area contributed by atoms with Gasteiger partial charge >= 0.3 is 6.09 Å². The summed E-state index contributed by atoms with van der Waals surface area (Å²) in [7, 11) is 1.94. The Kier molecular flexibility index (Phi) is 6.19. The highest BCUT2D eigenvalue weighted by Gasteiger charge is 2.46. The van der Waals surface area contributed by atoms with E-state index in [2.05, 4.69) is 5.32 Å². The van der Waals surface area contributed by atoms with Gasteiger partial charge in [0, 0.05) is 31.5 Å². The van der Waals surface area contributed by atoms with Crippen LogP contribution in [0.1, 0.15) is 19.8 Å². The van der Waals surface area contributed by atoms with E-state index in [1.165, 1.54) is 0 Å². The molecule has 0 spiro atoms. The number of rotatable bonds is 5. The summed E-state index contributed by atoms with van der Waals surface area (Å²) in [6.45, 7) is 3.08. The van der Waals surface area contributed by atoms with Gasteiger partial charge < -0.3 is 19.9 Å². The molecule has 2 amide bonds. The summed E-state index contributed by atoms with van der Waals surface area (Å²) in [5.41, 5.74) is 0.983. The van der Waals surface area contributed by atoms with Crippen LogP contribution in [0.5, 0.6) is 0 Å². The number of carbonyl (C=O) groups excluding carboxylic acids is 2. The molecule has 2 aromatic carbocycles. The monoisotopic (exact) mass is 381 g/mol. The number of hydrogen-bond donors (Lipinski definition) is 1. The molecule has 1 N–H and O–H groups in total. The van der Waals surface area contributed by atoms with Crippen LogP contribution in [0.3, 0.4) is 0 Å². The van der Waals surface area contributed by atoms with Gasteiger partial charge in [-0.15, -0.1) is 0 Å². The van der Waals surface area contributed by atoms with Crippen molar-refractivity contribution in [1.82, 2.24) is 4.90 Å². The molecule has 0 atom stereocenters. The number of ether oxygens (including phenoxy) is 1. The van der Waals surface area contributed by atoms with E-state index in [9.17, 15) is 9.59 Å². The largest absolute Gasteiger partial charge is 0.450 e. The molecule has 1 fully saturated rings. The first-order chi connectivity index (χ1) is 13.6. The Morgan fingerprint density at radius 1 is 1.04 bits per heavy atom. The van der Waals surface area contributed by atoms with E-state index in [-0.39, 0.29) is 12.0 Å². The highest BCUT2D eigenvalue weighted by molar-refractivity contribution is 6.00. The molecule has 2 aromatic rings. The molecule has 1 aliphatic heterocycles. The van der Waals surface area contributed by atoms with E-state index in [4.69, 9.17) is 4.74 Å². The summed E-state index contributed by atoms with van der Waals surface area (Å²) in [5.74, 6) is -0.0615. The van der Waals surface area contributed by atoms with Gasteiger partial charge in [0.1, 0.15) is 5.54 Å². The van der Waals surface area contributed by atoms with E-state index >= 15 is 0 Å². The van der Waals surface area contributed by atoms with Crippen LogP contribution in [-0.4, -0.2) is 49.2 Å². The highest BCUT2D eigenvalue weighted by Crippen LogP contribution is 2.33. The summed E-state index contributed by atoms with van der Waals surface area (Å²) in [6.07, 6.45) is 0.730. The van der Waals surface area contributed by atoms with Crippen molar-refractivity contribution < 1.29 is 14.3 Å². The zero-order valence-corrected chi connectivity index (χ0v) is 16.4. The molecule has 28 heavy (non-hydrogen) atoms. The molecule has 148 valence electrons. The van der Waals surface area contributed by atoms with Crippen LogP contribution in [0.2, 0.25) is 0 Å². The number of likely N-dealkylation sites (N-methyl/N-ethyl adjacent to an activating group) is 1. The minimum atomic E-state index is -0.750. The Morgan fingerprint density at radius 3 is 2.18 bits per heavy atom. The number of amides is 2. The smallest absolute Gasteiger partial charge is 0.409 e. The molecule has 0 radical (unpaired) electrons. The van der Waals surface area contributed by atoms with Crippen molar-refractivity contribution in [2.45, 2.75) is 25.3 Å². The number of piperidine rings is 1. The van der Waals surface area contributed by atoms with Crippen LogP contribution in [0, 0.1) is 0 Å². The average molecular weight is 381 g/mol. The lowest BCUT2D eigenvalue weighted by molar-refractivity contribution is -0.122. The van der Waals surface area contributed by atoms with Crippen LogP contribution >= 0.6 is 0 Å². The fraction of sp³-hybridized carbons (Fsp3) is 0.364. The second kappa shape index (κ2) is 8.78. The Morgan fingerprint density at radius 2 is 1.61 bits per heavy atom. The number of nitrogens with one attached hydrogen (secondary N) is 1. The van der Waals surface area contributed by atoms with Gasteiger partial charge in [-0.2, -0.15) is 0 Å². The summed E-state index contributed by atoms with van der Waals surface area (Å²) < 4.78 is 5.12. The van der Waals surface area contributed by atoms with E-state index in [0.29, 0.717) is 32.5 Å². The first kappa shape index (κ1) is 19.7. The van der Waals surface area contributed by atoms with Crippen LogP contribution in [0.25, 0.3) is 0 Å². The molecule has 1 heterocycles. The molecule has 0 saturated carbocycles. The third-order valence-corrected chi connectivity index (χ3v) is 5.36. The lowest BCUT2D eigenvalue weighted by Gasteiger charge is -2.46. The quantitative estimate of drug-likeness (QED) is 0.857. The fourth-order valence-electron chi connectivity index (χ4n) is 3.66. The Hall–Kier alpha value is -3.02. The summed E-state index contributed by atoms with van der Waals surface area (Å²) in [4.78, 5) is 29.2. The molecule has 6 nitrogen and oxygen atoms in total. The predicted octanol–water partition coefficient (Wildman–Crippen LogP) is 3.75. The Labute approximate surface area is 166 Å². The molecule has 0 aliphatic carbocycles. The van der Waals surface area contributed by atoms with E-state index in [1.807, 2.05) is 72.6 Å². The summed E-state index contributed by atoms with van der Waals surface area (Å²) in [5, 5.41) is 3.06. The highest BCUT2D eigenvalue weighted by atomic mass is 16.6. The zero-order valence-electron chi connectivity index (χ0n) is 16.4. The number of carbonyl (C=O) groups is 2. The van der Waals surface area contributed by atoms with Crippen molar-refractivity contribution in [3.05, 3.63) is 60.7 Å². The first-order valence-electron chi connectivity index (χ1n) is 9.64. The van der Waals surface area contributed by atoms with Crippen LogP contribution in [0.15, 0.2) is 60.7 Å². The van der Waals surface area contributed by atoms with Crippen LogP contribution < -0.4 is 10.2 Å². The SMILES string of the molecule is CCOC(=O)N1CCC(C(=O)Nc2ccccc2)(N(C)c2ccccc2)CC1. The van der Waals surface area contributed by atoms with Crippen LogP contribution in [-0.2, 0) is 9.53 Å². The molecule has 1 saturated heterocycles. The van der Waals surface area contributed by atoms with Gasteiger partial charge in [0.2, 0.25) is 5.91 Å². The lowest BCUT2D eigenvalue weighted by atomic mass is 9.84. The van der Waals surface area contributed by atoms with Crippen molar-refractivity contribution in [3.8, 4) is 0 Å². The summed E-state index contributed by atoms with van der Waals surface area (Å²) in [6, 6.07) is 19.3. The lowest BCUT2D eigenvalue weighted by Crippen LogP contribution is -2.61. The molecule has 6 heteroatoms. The number of nitrogens with zero attached hydrogens (tertiary/aromatic N) is 2. The van der Waals surface area contributed by atoms with Gasteiger partial charge in [0.25, 0.3) is 0 Å². The molecular weight excluding hydrogens is 354 g/mol. The van der Waals surface area contributed by atoms with Crippen LogP contribution in [0.4, 0.5) is 16.2 Å². The van der Waals surface area contributed by atoms with Gasteiger partial charge in [-0.05, 0) is 44.0 Å². The van der Waals surface area contributed by atoms with E-state index in [1.54, 1.807) is 11.8 Å². The van der Waals surface area contributed by atoms with Gasteiger partial charge in [-0.25, -0.2) is 4.79 Å². The van der Waals surface area contributed by atoms with Crippen molar-refractivity contribution in [2.24, 2.45) is 0 Å². The van der Waals surface area contributed by atoms with Gasteiger partial charge in [-0.1, -0.05) is 36.4 Å². The number of anilines is 2. The second-order valence-corrected chi connectivity index (χ2v) is 6.93. The molecular formula is C22H27N3O3. The van der Waals surface area contributed by atoms with Crippen molar-refractivity contribution in [1.29, 1.82) is 0 Å². The van der Waals surface area contributed by atoms with Gasteiger partial charge in [0.05, 0.1) is 6.61 Å². The maximum atomic E-state index is 13.4. The normalized spacial score (nSPS) is 15.6. The summed E-state index contributed by atoms with van der Waals surface area (Å²) >= 11 is 0. The number of likely N-dealkylation sites (tertiary alicyclic amines) is 1. The zero-order chi connectivity index (χ0) is 20.0. The molecule has 0 bridgehead atoms. The van der Waals surface area contributed by atoms with Crippen molar-refractivity contribution >= 4 is 23.4 Å². The maximum Gasteiger partial charge on any atom is 0.409 e. The third-order valence-electron chi connectivity index (χ3n) is 5.36. The molecule has 1 aliphatic rings. The van der Waals surface area contributed by atoms with Gasteiger partial charge in [-0.3, -0.25) is 4.79 Å². The molecule has 3 rings (SSSR count). The Balaban J connectivity index is 1.85. The standard InChI is InChI=1S/C22H27N3O3/c1-3-28-21(27)25-16-14-22(15-17-25,24(2)19-12-8-5-9-13-19)20(26)23-18-10-6-4-7-11-18/h4-13H,3,14-17H2,1-2H3,(H,23,26).